The molecule has 0 aliphatic rings. The molecular weight excluding hydrogens is 1820 g/mol. The van der Waals surface area contributed by atoms with Gasteiger partial charge in [0, 0.05) is 54.6 Å². The van der Waals surface area contributed by atoms with Gasteiger partial charge in [0.2, 0.25) is 39.3 Å². The lowest BCUT2D eigenvalue weighted by atomic mass is 9.95. The Hall–Kier alpha value is -15.8. The fraction of sp³-hybridized carbons (Fsp3) is 0.0175. The minimum Gasteiger partial charge on any atom is -0.508 e. The van der Waals surface area contributed by atoms with E-state index in [1.807, 2.05) is 79.7 Å². The van der Waals surface area contributed by atoms with Crippen molar-refractivity contribution in [2.24, 2.45) is 0 Å². The second-order valence-corrected chi connectivity index (χ2v) is 40.2. The van der Waals surface area contributed by atoms with Gasteiger partial charge in [-0.05, 0) is 268 Å². The molecule has 22 heteroatoms. The highest BCUT2D eigenvalue weighted by molar-refractivity contribution is 7.92. The molecule has 0 aromatic heterocycles. The van der Waals surface area contributed by atoms with Crippen LogP contribution >= 0.6 is 23.2 Å². The summed E-state index contributed by atoms with van der Waals surface area (Å²) < 4.78 is 117. The summed E-state index contributed by atoms with van der Waals surface area (Å²) in [5.74, 6) is 1.41. The molecule has 18 aromatic rings. The zero-order valence-corrected chi connectivity index (χ0v) is 77.3. The van der Waals surface area contributed by atoms with Crippen LogP contribution in [0.15, 0.2) is 476 Å². The fourth-order valence-electron chi connectivity index (χ4n) is 15.0. The molecular formula is C114H80Cl2O16S4. The maximum Gasteiger partial charge on any atom is 0.206 e. The van der Waals surface area contributed by atoms with E-state index in [0.29, 0.717) is 66.1 Å². The molecule has 670 valence electrons. The maximum atomic E-state index is 13.6. The summed E-state index contributed by atoms with van der Waals surface area (Å²) >= 11 is 11.8. The predicted octanol–water partition coefficient (Wildman–Crippen LogP) is 26.1. The van der Waals surface area contributed by atoms with Crippen LogP contribution in [0.1, 0.15) is 69.2 Å². The number of ether oxygens (including phenoxy) is 2. The van der Waals surface area contributed by atoms with E-state index in [2.05, 4.69) is 0 Å². The van der Waals surface area contributed by atoms with Crippen molar-refractivity contribution in [2.45, 2.75) is 46.1 Å². The van der Waals surface area contributed by atoms with Gasteiger partial charge >= 0.3 is 0 Å². The van der Waals surface area contributed by atoms with Gasteiger partial charge in [-0.25, -0.2) is 33.7 Å². The SMILES string of the molecule is COc1ccc(-c2ccc(Oc3ccc(S(=O)(=O)c4ccc(-c5ccc(C(=O)c6cccc(C(=O)c7ccc(-c8ccc(S(=O)(=O)c9ccc(C)cc9)cc8)cc7)c6)cc5)cc4)cc3)cc2)cc1.O=C(c1ccc(-c2ccc(S(=O)(=O)c3ccc(Cl)cc3)cc2)cc1)c1cccc(C(=O)c2ccc(-c3ccc(S(=O)(=O)c4ccc(Cl)cc4)cc3)cc2)c1.Oc1ccc(-c2ccc(O)cc2)cc1. The highest BCUT2D eigenvalue weighted by atomic mass is 35.5. The third kappa shape index (κ3) is 21.6. The number of carbonyl (C=O) groups is 4. The molecule has 0 aliphatic carbocycles. The average molecular weight is 1910 g/mol. The molecule has 0 aliphatic heterocycles. The minimum atomic E-state index is -3.82. The van der Waals surface area contributed by atoms with Gasteiger partial charge < -0.3 is 19.7 Å². The third-order valence-electron chi connectivity index (χ3n) is 22.6. The van der Waals surface area contributed by atoms with Crippen LogP contribution in [0.2, 0.25) is 10.0 Å². The summed E-state index contributed by atoms with van der Waals surface area (Å²) in [6.07, 6.45) is 0. The van der Waals surface area contributed by atoms with Gasteiger partial charge in [-0.1, -0.05) is 271 Å². The van der Waals surface area contributed by atoms with E-state index in [1.165, 1.54) is 60.7 Å². The number of ketones is 4. The number of methoxy groups -OCH3 is 1. The smallest absolute Gasteiger partial charge is 0.206 e. The molecule has 0 radical (unpaired) electrons. The van der Waals surface area contributed by atoms with Gasteiger partial charge in [-0.2, -0.15) is 0 Å². The van der Waals surface area contributed by atoms with Gasteiger partial charge in [-0.3, -0.25) is 19.2 Å². The number of aryl methyl sites for hydroxylation is 1. The Kier molecular flexibility index (Phi) is 28.0. The highest BCUT2D eigenvalue weighted by Crippen LogP contribution is 2.36. The number of hydrogen-bond acceptors (Lipinski definition) is 16. The van der Waals surface area contributed by atoms with Gasteiger partial charge in [0.1, 0.15) is 28.7 Å². The van der Waals surface area contributed by atoms with Crippen LogP contribution in [0.25, 0.3) is 66.8 Å². The molecule has 0 unspecified atom stereocenters. The van der Waals surface area contributed by atoms with Crippen LogP contribution < -0.4 is 9.47 Å². The van der Waals surface area contributed by atoms with Gasteiger partial charge in [0.15, 0.2) is 23.1 Å². The first-order chi connectivity index (χ1) is 65.5. The molecule has 136 heavy (non-hydrogen) atoms. The standard InChI is InChI=1S/C58H42O8S2.C44H28Cl2O6S2.C12H10O2/c1-39-6-30-53(31-7-39)67(61,62)54-32-20-44(21-33-54)40-8-12-46(13-9-40)57(59)48-4-3-5-49(38-48)58(60)47-14-10-41(11-15-47)45-22-34-55(35-23-45)68(63,64)56-36-28-52(29-37-56)66-51-26-18-43(19-27-51)42-16-24-50(65-2)25-17-42;45-37-16-24-41(25-17-37)53(49,50)39-20-12-31(13-21-39)29-4-8-33(9-5-29)43(47)35-2-1-3-36(28-35)44(48)34-10-6-30(7-11-34)32-14-22-40(23-15-32)54(51,52)42-26-18-38(46)19-27-42;13-11-5-1-9(2-6-11)10-3-7-12(14)8-4-10/h3-38H,1-2H3;1-28H;1-8,13-14H. The second kappa shape index (κ2) is 40.7. The molecule has 0 saturated heterocycles. The fourth-order valence-corrected chi connectivity index (χ4v) is 20.2. The quantitative estimate of drug-likeness (QED) is 0.0504. The van der Waals surface area contributed by atoms with Crippen molar-refractivity contribution in [2.75, 3.05) is 7.11 Å². The lowest BCUT2D eigenvalue weighted by Crippen LogP contribution is -2.06. The predicted molar refractivity (Wildman–Crippen MR) is 530 cm³/mol. The van der Waals surface area contributed by atoms with Crippen molar-refractivity contribution >= 4 is 85.7 Å². The number of sulfone groups is 4. The Balaban J connectivity index is 0.000000175. The first-order valence-corrected chi connectivity index (χ1v) is 49.1. The summed E-state index contributed by atoms with van der Waals surface area (Å²) in [6.45, 7) is 1.90. The molecule has 0 fully saturated rings. The summed E-state index contributed by atoms with van der Waals surface area (Å²) in [5, 5.41) is 19.1. The molecule has 0 spiro atoms. The van der Waals surface area contributed by atoms with Crippen LogP contribution in [0.5, 0.6) is 28.7 Å². The zero-order chi connectivity index (χ0) is 95.4. The number of carbonyl (C=O) groups excluding carboxylic acids is 4. The average Bonchev–Trinajstić information content (AvgIpc) is 0.796. The minimum absolute atomic E-state index is 0.133. The highest BCUT2D eigenvalue weighted by Gasteiger charge is 2.25. The number of halogens is 2. The number of benzene rings is 18. The molecule has 2 N–H and O–H groups in total. The van der Waals surface area contributed by atoms with E-state index in [4.69, 9.17) is 42.9 Å². The van der Waals surface area contributed by atoms with Crippen molar-refractivity contribution in [3.63, 3.8) is 0 Å². The number of aromatic hydroxyl groups is 2. The summed E-state index contributed by atoms with van der Waals surface area (Å²) in [5.41, 5.74) is 14.6. The summed E-state index contributed by atoms with van der Waals surface area (Å²) in [7, 11) is -13.3. The van der Waals surface area contributed by atoms with Crippen LogP contribution in [-0.4, -0.2) is 74.1 Å². The maximum absolute atomic E-state index is 13.6. The van der Waals surface area contributed by atoms with Crippen molar-refractivity contribution in [1.82, 2.24) is 0 Å². The van der Waals surface area contributed by atoms with E-state index >= 15 is 0 Å². The molecule has 18 rings (SSSR count). The van der Waals surface area contributed by atoms with Crippen molar-refractivity contribution in [3.8, 4) is 95.5 Å². The normalized spacial score (nSPS) is 11.4. The largest absolute Gasteiger partial charge is 0.508 e. The molecule has 0 heterocycles. The van der Waals surface area contributed by atoms with Gasteiger partial charge in [0.05, 0.1) is 46.3 Å². The van der Waals surface area contributed by atoms with E-state index < -0.39 is 39.3 Å². The van der Waals surface area contributed by atoms with Crippen LogP contribution in [0, 0.1) is 6.92 Å². The third-order valence-corrected chi connectivity index (χ3v) is 30.3. The van der Waals surface area contributed by atoms with Crippen molar-refractivity contribution in [3.05, 3.63) is 497 Å². The van der Waals surface area contributed by atoms with Gasteiger partial charge in [-0.15, -0.1) is 0 Å². The van der Waals surface area contributed by atoms with Crippen molar-refractivity contribution < 1.29 is 72.5 Å². The molecule has 18 aromatic carbocycles. The summed E-state index contributed by atoms with van der Waals surface area (Å²) in [4.78, 5) is 55.5. The monoisotopic (exact) mass is 1900 g/mol. The number of phenols is 2. The molecule has 0 atom stereocenters. The van der Waals surface area contributed by atoms with Crippen LogP contribution in [-0.2, 0) is 39.3 Å². The first-order valence-electron chi connectivity index (χ1n) is 42.4. The molecule has 0 bridgehead atoms. The molecule has 0 amide bonds. The Morgan fingerprint density at radius 2 is 0.382 bits per heavy atom. The number of hydrogen-bond donors (Lipinski definition) is 2. The van der Waals surface area contributed by atoms with Crippen LogP contribution in [0.3, 0.4) is 0 Å². The number of rotatable bonds is 25. The lowest BCUT2D eigenvalue weighted by molar-refractivity contribution is 0.102. The van der Waals surface area contributed by atoms with Crippen LogP contribution in [0.4, 0.5) is 0 Å². The Morgan fingerprint density at radius 1 is 0.213 bits per heavy atom. The Morgan fingerprint density at radius 3 is 0.603 bits per heavy atom. The Labute approximate surface area is 797 Å². The molecule has 16 nitrogen and oxygen atoms in total. The van der Waals surface area contributed by atoms with E-state index in [0.717, 1.165) is 78.1 Å². The van der Waals surface area contributed by atoms with E-state index in [1.54, 1.807) is 310 Å². The Bertz CT molecular complexity index is 7690. The van der Waals surface area contributed by atoms with Gasteiger partial charge in [0.25, 0.3) is 0 Å². The zero-order valence-electron chi connectivity index (χ0n) is 72.6. The van der Waals surface area contributed by atoms with E-state index in [-0.39, 0.29) is 73.8 Å². The lowest BCUT2D eigenvalue weighted by Gasteiger charge is -2.10. The summed E-state index contributed by atoms with van der Waals surface area (Å²) in [6, 6.07) is 122. The molecule has 0 saturated carbocycles. The van der Waals surface area contributed by atoms with Crippen molar-refractivity contribution in [1.29, 1.82) is 0 Å². The second-order valence-electron chi connectivity index (χ2n) is 31.5. The number of phenolic OH excluding ortho intramolecular Hbond substituents is 2. The topological polar surface area (TPSA) is 264 Å². The first kappa shape index (κ1) is 93.5. The van der Waals surface area contributed by atoms with E-state index in [9.17, 15) is 52.8 Å².